The standard InChI is InChI=1S/C21H26N2O5/c1-23-9-7-20-17-12-2-3-13(11-24)18(17)28-19(20)14(27-16(25)5-8-22)4-6-21(20,26)15(23)10-12/h2-4,15,19,24,26H,5-11,22H2,1H3/t15-,19+,20+,21-/m1/s1. The van der Waals surface area contributed by atoms with Gasteiger partial charge in [0.25, 0.3) is 0 Å². The Labute approximate surface area is 163 Å². The highest BCUT2D eigenvalue weighted by atomic mass is 16.6. The molecule has 0 unspecified atom stereocenters. The third-order valence-electron chi connectivity index (χ3n) is 7.21. The molecule has 150 valence electrons. The van der Waals surface area contributed by atoms with Gasteiger partial charge in [-0.15, -0.1) is 0 Å². The van der Waals surface area contributed by atoms with Gasteiger partial charge in [0.1, 0.15) is 11.5 Å². The summed E-state index contributed by atoms with van der Waals surface area (Å²) < 4.78 is 12.0. The highest BCUT2D eigenvalue weighted by molar-refractivity contribution is 5.71. The summed E-state index contributed by atoms with van der Waals surface area (Å²) in [6.07, 6.45) is 3.18. The highest BCUT2D eigenvalue weighted by Crippen LogP contribution is 2.64. The van der Waals surface area contributed by atoms with E-state index >= 15 is 0 Å². The first kappa shape index (κ1) is 18.1. The van der Waals surface area contributed by atoms with Crippen molar-refractivity contribution >= 4 is 5.97 Å². The fourth-order valence-electron chi connectivity index (χ4n) is 5.93. The fraction of sp³-hybridized carbons (Fsp3) is 0.571. The van der Waals surface area contributed by atoms with Crippen molar-refractivity contribution in [2.24, 2.45) is 5.73 Å². The van der Waals surface area contributed by atoms with Gasteiger partial charge in [0.2, 0.25) is 0 Å². The van der Waals surface area contributed by atoms with Crippen molar-refractivity contribution in [1.82, 2.24) is 4.90 Å². The molecule has 1 spiro atoms. The summed E-state index contributed by atoms with van der Waals surface area (Å²) in [5, 5.41) is 21.9. The quantitative estimate of drug-likeness (QED) is 0.641. The number of carbonyl (C=O) groups is 1. The normalized spacial score (nSPS) is 35.1. The second-order valence-corrected chi connectivity index (χ2v) is 8.41. The molecule has 7 heteroatoms. The van der Waals surface area contributed by atoms with E-state index in [4.69, 9.17) is 15.2 Å². The van der Waals surface area contributed by atoms with Gasteiger partial charge in [-0.05, 0) is 38.1 Å². The Kier molecular flexibility index (Phi) is 3.90. The largest absolute Gasteiger partial charge is 0.481 e. The van der Waals surface area contributed by atoms with E-state index in [-0.39, 0.29) is 25.6 Å². The number of rotatable bonds is 4. The van der Waals surface area contributed by atoms with Crippen LogP contribution in [0.4, 0.5) is 0 Å². The van der Waals surface area contributed by atoms with E-state index in [1.54, 1.807) is 6.08 Å². The van der Waals surface area contributed by atoms with Gasteiger partial charge in [0.05, 0.1) is 24.0 Å². The maximum atomic E-state index is 12.2. The molecule has 1 aromatic carbocycles. The van der Waals surface area contributed by atoms with E-state index in [2.05, 4.69) is 11.9 Å². The number of nitrogens with two attached hydrogens (primary N) is 1. The van der Waals surface area contributed by atoms with Crippen molar-refractivity contribution in [3.05, 3.63) is 40.7 Å². The highest BCUT2D eigenvalue weighted by Gasteiger charge is 2.71. The lowest BCUT2D eigenvalue weighted by Gasteiger charge is -2.61. The molecule has 1 fully saturated rings. The van der Waals surface area contributed by atoms with Crippen LogP contribution in [-0.2, 0) is 28.0 Å². The number of esters is 1. The molecule has 28 heavy (non-hydrogen) atoms. The summed E-state index contributed by atoms with van der Waals surface area (Å²) in [6, 6.07) is 3.90. The molecule has 4 aliphatic rings. The minimum absolute atomic E-state index is 0.0386. The summed E-state index contributed by atoms with van der Waals surface area (Å²) in [6.45, 7) is 0.900. The molecular weight excluding hydrogens is 360 g/mol. The van der Waals surface area contributed by atoms with Crippen molar-refractivity contribution in [2.45, 2.75) is 55.5 Å². The Balaban J connectivity index is 1.70. The van der Waals surface area contributed by atoms with Gasteiger partial charge < -0.3 is 30.3 Å². The van der Waals surface area contributed by atoms with E-state index in [1.165, 1.54) is 0 Å². The number of hydrogen-bond donors (Lipinski definition) is 3. The molecule has 2 aliphatic carbocycles. The summed E-state index contributed by atoms with van der Waals surface area (Å²) in [5.41, 5.74) is 6.65. The molecule has 4 atom stereocenters. The van der Waals surface area contributed by atoms with Crippen LogP contribution in [0.15, 0.2) is 24.0 Å². The van der Waals surface area contributed by atoms with Crippen LogP contribution in [0.1, 0.15) is 36.0 Å². The third kappa shape index (κ3) is 2.05. The predicted octanol–water partition coefficient (Wildman–Crippen LogP) is 0.349. The number of piperidine rings is 1. The molecule has 0 aromatic heterocycles. The van der Waals surface area contributed by atoms with Crippen LogP contribution in [0.3, 0.4) is 0 Å². The molecule has 5 rings (SSSR count). The Morgan fingerprint density at radius 2 is 2.29 bits per heavy atom. The second-order valence-electron chi connectivity index (χ2n) is 8.41. The van der Waals surface area contributed by atoms with Crippen molar-refractivity contribution in [3.8, 4) is 5.75 Å². The van der Waals surface area contributed by atoms with Crippen molar-refractivity contribution < 1.29 is 24.5 Å². The number of likely N-dealkylation sites (tertiary alicyclic amines) is 1. The van der Waals surface area contributed by atoms with Gasteiger partial charge in [0, 0.05) is 30.1 Å². The maximum absolute atomic E-state index is 12.2. The number of benzene rings is 1. The zero-order valence-electron chi connectivity index (χ0n) is 16.0. The zero-order chi connectivity index (χ0) is 19.7. The first-order valence-corrected chi connectivity index (χ1v) is 9.92. The summed E-state index contributed by atoms with van der Waals surface area (Å²) in [5.74, 6) is 0.714. The summed E-state index contributed by atoms with van der Waals surface area (Å²) in [7, 11) is 2.05. The van der Waals surface area contributed by atoms with Crippen LogP contribution in [0, 0.1) is 0 Å². The van der Waals surface area contributed by atoms with E-state index in [9.17, 15) is 15.0 Å². The number of aliphatic hydroxyl groups is 2. The molecule has 2 bridgehead atoms. The van der Waals surface area contributed by atoms with Crippen LogP contribution >= 0.6 is 0 Å². The van der Waals surface area contributed by atoms with Crippen LogP contribution < -0.4 is 10.5 Å². The van der Waals surface area contributed by atoms with Crippen molar-refractivity contribution in [3.63, 3.8) is 0 Å². The molecule has 0 radical (unpaired) electrons. The van der Waals surface area contributed by atoms with Gasteiger partial charge in [0.15, 0.2) is 6.10 Å². The first-order valence-electron chi connectivity index (χ1n) is 9.92. The lowest BCUT2D eigenvalue weighted by molar-refractivity contribution is -0.169. The molecule has 0 saturated carbocycles. The molecule has 0 amide bonds. The number of carbonyl (C=O) groups excluding carboxylic acids is 1. The topological polar surface area (TPSA) is 105 Å². The number of nitrogens with zero attached hydrogens (tertiary/aromatic N) is 1. The second kappa shape index (κ2) is 6.03. The van der Waals surface area contributed by atoms with Gasteiger partial charge in [-0.3, -0.25) is 4.79 Å². The molecule has 1 aromatic rings. The van der Waals surface area contributed by atoms with E-state index in [0.29, 0.717) is 29.9 Å². The summed E-state index contributed by atoms with van der Waals surface area (Å²) in [4.78, 5) is 14.4. The minimum atomic E-state index is -1.01. The number of aliphatic hydroxyl groups excluding tert-OH is 1. The van der Waals surface area contributed by atoms with Gasteiger partial charge in [-0.2, -0.15) is 0 Å². The number of ether oxygens (including phenoxy) is 2. The van der Waals surface area contributed by atoms with Crippen LogP contribution in [0.5, 0.6) is 5.75 Å². The average Bonchev–Trinajstić information content (AvgIpc) is 3.02. The fourth-order valence-corrected chi connectivity index (χ4v) is 5.93. The van der Waals surface area contributed by atoms with Gasteiger partial charge in [-0.25, -0.2) is 0 Å². The average molecular weight is 386 g/mol. The Bertz CT molecular complexity index is 884. The zero-order valence-corrected chi connectivity index (χ0v) is 16.0. The van der Waals surface area contributed by atoms with Crippen LogP contribution in [0.2, 0.25) is 0 Å². The monoisotopic (exact) mass is 386 g/mol. The third-order valence-corrected chi connectivity index (χ3v) is 7.21. The van der Waals surface area contributed by atoms with Gasteiger partial charge in [-0.1, -0.05) is 12.1 Å². The number of hydrogen-bond acceptors (Lipinski definition) is 7. The lowest BCUT2D eigenvalue weighted by atomic mass is 9.50. The summed E-state index contributed by atoms with van der Waals surface area (Å²) >= 11 is 0. The molecular formula is C21H26N2O5. The van der Waals surface area contributed by atoms with Crippen molar-refractivity contribution in [1.29, 1.82) is 0 Å². The molecule has 2 heterocycles. The number of likely N-dealkylation sites (N-methyl/N-ethyl adjacent to an activating group) is 1. The van der Waals surface area contributed by atoms with E-state index in [1.807, 2.05) is 12.1 Å². The minimum Gasteiger partial charge on any atom is -0.481 e. The lowest BCUT2D eigenvalue weighted by Crippen LogP contribution is -2.74. The van der Waals surface area contributed by atoms with Crippen LogP contribution in [0.25, 0.3) is 0 Å². The molecule has 7 nitrogen and oxygen atoms in total. The maximum Gasteiger partial charge on any atom is 0.312 e. The van der Waals surface area contributed by atoms with Crippen LogP contribution in [-0.4, -0.2) is 59.0 Å². The van der Waals surface area contributed by atoms with E-state index < -0.39 is 23.1 Å². The predicted molar refractivity (Wildman–Crippen MR) is 101 cm³/mol. The Morgan fingerprint density at radius 3 is 3.04 bits per heavy atom. The Hall–Kier alpha value is -1.93. The first-order chi connectivity index (χ1) is 13.5. The smallest absolute Gasteiger partial charge is 0.312 e. The molecule has 1 saturated heterocycles. The van der Waals surface area contributed by atoms with Crippen molar-refractivity contribution in [2.75, 3.05) is 20.1 Å². The Morgan fingerprint density at radius 1 is 1.46 bits per heavy atom. The van der Waals surface area contributed by atoms with Gasteiger partial charge >= 0.3 is 5.97 Å². The molecule has 4 N–H and O–H groups in total. The molecule has 2 aliphatic heterocycles. The SMILES string of the molecule is CN1CC[C@]23c4c5ccc(CO)c4O[C@H]2C(OC(=O)CCN)=CC[C@@]3(O)[C@H]1C5. The van der Waals surface area contributed by atoms with E-state index in [0.717, 1.165) is 24.1 Å².